The highest BCUT2D eigenvalue weighted by Gasteiger charge is 2.16. The minimum atomic E-state index is -0.235. The summed E-state index contributed by atoms with van der Waals surface area (Å²) in [5.41, 5.74) is -0.235. The van der Waals surface area contributed by atoms with Crippen LogP contribution in [0.25, 0.3) is 0 Å². The molecule has 2 N–H and O–H groups in total. The molecule has 0 saturated heterocycles. The molecule has 0 spiro atoms. The Balaban J connectivity index is 2.31. The molecule has 1 fully saturated rings. The van der Waals surface area contributed by atoms with E-state index < -0.39 is 0 Å². The van der Waals surface area contributed by atoms with E-state index in [1.807, 2.05) is 20.8 Å². The molecule has 0 atom stereocenters. The fourth-order valence-corrected chi connectivity index (χ4v) is 3.32. The van der Waals surface area contributed by atoms with E-state index in [9.17, 15) is 9.59 Å². The van der Waals surface area contributed by atoms with E-state index in [1.165, 1.54) is 57.8 Å². The van der Waals surface area contributed by atoms with E-state index >= 15 is 0 Å². The van der Waals surface area contributed by atoms with Crippen LogP contribution < -0.4 is 10.6 Å². The first-order valence-electron chi connectivity index (χ1n) is 9.97. The molecule has 0 aliphatic heterocycles. The molecule has 0 heterocycles. The van der Waals surface area contributed by atoms with Gasteiger partial charge in [-0.15, -0.1) is 0 Å². The van der Waals surface area contributed by atoms with E-state index in [-0.39, 0.29) is 23.8 Å². The Bertz CT molecular complexity index is 362. The van der Waals surface area contributed by atoms with Crippen molar-refractivity contribution in [2.45, 2.75) is 116 Å². The van der Waals surface area contributed by atoms with Gasteiger partial charge in [-0.2, -0.15) is 0 Å². The van der Waals surface area contributed by atoms with Gasteiger partial charge in [0.05, 0.1) is 0 Å². The van der Waals surface area contributed by atoms with Crippen molar-refractivity contribution < 1.29 is 9.59 Å². The topological polar surface area (TPSA) is 58.2 Å². The number of hydrogen-bond donors (Lipinski definition) is 2. The minimum Gasteiger partial charge on any atom is -0.353 e. The Morgan fingerprint density at radius 2 is 1.17 bits per heavy atom. The summed E-state index contributed by atoms with van der Waals surface area (Å²) in [7, 11) is 0. The monoisotopic (exact) mass is 338 g/mol. The lowest BCUT2D eigenvalue weighted by atomic mass is 9.98. The van der Waals surface area contributed by atoms with Crippen molar-refractivity contribution in [3.63, 3.8) is 0 Å². The third-order valence-corrected chi connectivity index (χ3v) is 4.56. The third kappa shape index (κ3) is 11.5. The molecule has 24 heavy (non-hydrogen) atoms. The number of hydrogen-bond acceptors (Lipinski definition) is 2. The maximum atomic E-state index is 12.2. The summed E-state index contributed by atoms with van der Waals surface area (Å²) in [6.07, 6.45) is 14.5. The average Bonchev–Trinajstić information content (AvgIpc) is 2.46. The lowest BCUT2D eigenvalue weighted by molar-refractivity contribution is -0.127. The quantitative estimate of drug-likeness (QED) is 0.794. The molecule has 1 aliphatic carbocycles. The van der Waals surface area contributed by atoms with E-state index in [0.717, 1.165) is 12.8 Å². The van der Waals surface area contributed by atoms with Gasteiger partial charge in [-0.05, 0) is 33.6 Å². The summed E-state index contributed by atoms with van der Waals surface area (Å²) >= 11 is 0. The first-order chi connectivity index (χ1) is 11.4. The second-order valence-corrected chi connectivity index (χ2v) is 8.32. The van der Waals surface area contributed by atoms with Crippen molar-refractivity contribution in [2.24, 2.45) is 0 Å². The van der Waals surface area contributed by atoms with Crippen LogP contribution in [0.2, 0.25) is 0 Å². The zero-order chi connectivity index (χ0) is 17.8. The predicted molar refractivity (Wildman–Crippen MR) is 99.8 cm³/mol. The zero-order valence-electron chi connectivity index (χ0n) is 16.1. The summed E-state index contributed by atoms with van der Waals surface area (Å²) in [5, 5.41) is 6.08. The number of amides is 2. The van der Waals surface area contributed by atoms with Crippen molar-refractivity contribution in [3.05, 3.63) is 0 Å². The van der Waals surface area contributed by atoms with Gasteiger partial charge in [-0.25, -0.2) is 0 Å². The van der Waals surface area contributed by atoms with Crippen molar-refractivity contribution in [1.82, 2.24) is 10.6 Å². The van der Waals surface area contributed by atoms with Crippen LogP contribution in [0.5, 0.6) is 0 Å². The molecular formula is C20H38N2O2. The second kappa shape index (κ2) is 11.5. The first-order valence-corrected chi connectivity index (χ1v) is 9.97. The fourth-order valence-electron chi connectivity index (χ4n) is 3.32. The normalized spacial score (nSPS) is 19.0. The molecule has 4 nitrogen and oxygen atoms in total. The predicted octanol–water partition coefficient (Wildman–Crippen LogP) is 4.47. The van der Waals surface area contributed by atoms with Crippen LogP contribution in [0.15, 0.2) is 0 Å². The molecule has 1 aliphatic rings. The Morgan fingerprint density at radius 1 is 0.750 bits per heavy atom. The number of nitrogens with one attached hydrogen (secondary N) is 2. The van der Waals surface area contributed by atoms with Gasteiger partial charge in [0.15, 0.2) is 0 Å². The Kier molecular flexibility index (Phi) is 10.0. The van der Waals surface area contributed by atoms with Gasteiger partial charge in [-0.3, -0.25) is 9.59 Å². The highest BCUT2D eigenvalue weighted by molar-refractivity contribution is 5.84. The maximum absolute atomic E-state index is 12.2. The number of rotatable bonds is 4. The number of carbonyl (C=O) groups is 2. The lowest BCUT2D eigenvalue weighted by Crippen LogP contribution is -2.41. The summed E-state index contributed by atoms with van der Waals surface area (Å²) in [5.74, 6) is -0.0208. The molecule has 0 aromatic rings. The fraction of sp³-hybridized carbons (Fsp3) is 0.900. The molecule has 4 heteroatoms. The lowest BCUT2D eigenvalue weighted by Gasteiger charge is -2.21. The van der Waals surface area contributed by atoms with Gasteiger partial charge in [0.25, 0.3) is 0 Å². The van der Waals surface area contributed by atoms with Crippen molar-refractivity contribution in [1.29, 1.82) is 0 Å². The van der Waals surface area contributed by atoms with E-state index in [2.05, 4.69) is 10.6 Å². The molecule has 1 rings (SSSR count). The van der Waals surface area contributed by atoms with Crippen molar-refractivity contribution in [2.75, 3.05) is 0 Å². The standard InChI is InChI=1S/C20H38N2O2/c1-20(2,3)22-19(24)16-15-18(23)21-17-13-11-9-7-5-4-6-8-10-12-14-17/h17H,4-16H2,1-3H3,(H,21,23)(H,22,24). The van der Waals surface area contributed by atoms with Gasteiger partial charge < -0.3 is 10.6 Å². The molecule has 0 unspecified atom stereocenters. The summed E-state index contributed by atoms with van der Waals surface area (Å²) in [6, 6.07) is 0.294. The largest absolute Gasteiger partial charge is 0.353 e. The molecule has 140 valence electrons. The molecule has 0 radical (unpaired) electrons. The van der Waals surface area contributed by atoms with E-state index in [0.29, 0.717) is 12.5 Å². The summed E-state index contributed by atoms with van der Waals surface area (Å²) in [6.45, 7) is 5.86. The zero-order valence-corrected chi connectivity index (χ0v) is 16.1. The smallest absolute Gasteiger partial charge is 0.220 e. The minimum absolute atomic E-state index is 0.0242. The van der Waals surface area contributed by atoms with Crippen LogP contribution in [0.4, 0.5) is 0 Å². The van der Waals surface area contributed by atoms with Gasteiger partial charge >= 0.3 is 0 Å². The van der Waals surface area contributed by atoms with Crippen LogP contribution in [-0.4, -0.2) is 23.4 Å². The molecular weight excluding hydrogens is 300 g/mol. The van der Waals surface area contributed by atoms with Crippen molar-refractivity contribution >= 4 is 11.8 Å². The highest BCUT2D eigenvalue weighted by atomic mass is 16.2. The average molecular weight is 339 g/mol. The SMILES string of the molecule is CC(C)(C)NC(=O)CCC(=O)NC1CCCCCCCCCCC1. The highest BCUT2D eigenvalue weighted by Crippen LogP contribution is 2.17. The van der Waals surface area contributed by atoms with Crippen LogP contribution in [-0.2, 0) is 9.59 Å². The molecule has 0 bridgehead atoms. The van der Waals surface area contributed by atoms with Gasteiger partial charge in [0.1, 0.15) is 0 Å². The first kappa shape index (κ1) is 21.0. The van der Waals surface area contributed by atoms with Crippen LogP contribution >= 0.6 is 0 Å². The van der Waals surface area contributed by atoms with Crippen LogP contribution in [0, 0.1) is 0 Å². The van der Waals surface area contributed by atoms with Crippen LogP contribution in [0.3, 0.4) is 0 Å². The third-order valence-electron chi connectivity index (χ3n) is 4.56. The van der Waals surface area contributed by atoms with Gasteiger partial charge in [-0.1, -0.05) is 57.8 Å². The maximum Gasteiger partial charge on any atom is 0.220 e. The number of carbonyl (C=O) groups excluding carboxylic acids is 2. The van der Waals surface area contributed by atoms with E-state index in [1.54, 1.807) is 0 Å². The molecule has 1 saturated carbocycles. The second-order valence-electron chi connectivity index (χ2n) is 8.32. The molecule has 0 aromatic carbocycles. The summed E-state index contributed by atoms with van der Waals surface area (Å²) < 4.78 is 0. The van der Waals surface area contributed by atoms with Crippen LogP contribution in [0.1, 0.15) is 104 Å². The van der Waals surface area contributed by atoms with Gasteiger partial charge in [0, 0.05) is 24.4 Å². The Morgan fingerprint density at radius 3 is 1.62 bits per heavy atom. The van der Waals surface area contributed by atoms with E-state index in [4.69, 9.17) is 0 Å². The summed E-state index contributed by atoms with van der Waals surface area (Å²) in [4.78, 5) is 24.0. The van der Waals surface area contributed by atoms with Gasteiger partial charge in [0.2, 0.25) is 11.8 Å². The molecule has 2 amide bonds. The van der Waals surface area contributed by atoms with Crippen molar-refractivity contribution in [3.8, 4) is 0 Å². The molecule has 0 aromatic heterocycles. The Labute approximate surface area is 148 Å². The Hall–Kier alpha value is -1.06.